The van der Waals surface area contributed by atoms with Crippen molar-refractivity contribution < 1.29 is 32.9 Å². The van der Waals surface area contributed by atoms with Crippen molar-refractivity contribution in [2.24, 2.45) is 0 Å². The molecule has 0 saturated carbocycles. The van der Waals surface area contributed by atoms with E-state index in [0.717, 1.165) is 83.5 Å². The fourth-order valence-corrected chi connectivity index (χ4v) is 9.28. The number of allylic oxidation sites excluding steroid dienone is 11. The van der Waals surface area contributed by atoms with E-state index in [1.165, 1.54) is 161 Å². The van der Waals surface area contributed by atoms with Gasteiger partial charge in [-0.2, -0.15) is 0 Å². The standard InChI is InChI=1S/C62H115N2O6P/c1-6-8-10-12-14-16-18-20-22-24-26-28-30-31-32-34-35-37-39-41-43-45-47-49-51-53-55-61(65)60(59-70-71(67,68)69-58-57-64(3,4)5)63-62(66)56-54-52-50-48-46-44-42-40-38-36-33-29-27-25-23-21-19-17-15-13-11-9-7-2/h9,11,15,17,21,23,27,29,36,38,53,55,60-61,65H,6-8,10,12-14,16,18-20,22,24-26,28,30-35,37,39-52,54,56-59H2,1-5H3,(H-,63,66,67,68)/p+1/b11-9-,17-15-,23-21-,29-27-,38-36-,55-53+. The molecule has 0 aromatic carbocycles. The summed E-state index contributed by atoms with van der Waals surface area (Å²) in [6.07, 6.45) is 72.9. The number of likely N-dealkylation sites (N-methyl/N-ethyl adjacent to an activating group) is 1. The first kappa shape index (κ1) is 68.9. The Bertz CT molecular complexity index is 1380. The Kier molecular flexibility index (Phi) is 51.3. The minimum Gasteiger partial charge on any atom is -0.387 e. The summed E-state index contributed by atoms with van der Waals surface area (Å²) in [5, 5.41) is 14.0. The van der Waals surface area contributed by atoms with Crippen molar-refractivity contribution in [2.75, 3.05) is 40.9 Å². The summed E-state index contributed by atoms with van der Waals surface area (Å²) < 4.78 is 23.7. The summed E-state index contributed by atoms with van der Waals surface area (Å²) >= 11 is 0. The number of aliphatic hydroxyl groups is 1. The van der Waals surface area contributed by atoms with Crippen LogP contribution >= 0.6 is 7.82 Å². The lowest BCUT2D eigenvalue weighted by atomic mass is 10.0. The molecule has 0 radical (unpaired) electrons. The third-order valence-electron chi connectivity index (χ3n) is 13.2. The van der Waals surface area contributed by atoms with Crippen molar-refractivity contribution in [2.45, 2.75) is 276 Å². The highest BCUT2D eigenvalue weighted by Gasteiger charge is 2.27. The first-order valence-corrected chi connectivity index (χ1v) is 31.3. The molecule has 0 bridgehead atoms. The van der Waals surface area contributed by atoms with Gasteiger partial charge in [0.1, 0.15) is 13.2 Å². The maximum absolute atomic E-state index is 13.0. The molecule has 3 atom stereocenters. The van der Waals surface area contributed by atoms with Crippen molar-refractivity contribution in [3.63, 3.8) is 0 Å². The van der Waals surface area contributed by atoms with Gasteiger partial charge in [-0.15, -0.1) is 0 Å². The summed E-state index contributed by atoms with van der Waals surface area (Å²) in [5.74, 6) is -0.188. The predicted octanol–water partition coefficient (Wildman–Crippen LogP) is 18.3. The number of carbonyl (C=O) groups is 1. The Morgan fingerprint density at radius 3 is 1.24 bits per heavy atom. The number of rotatable bonds is 54. The summed E-state index contributed by atoms with van der Waals surface area (Å²) in [7, 11) is 1.56. The molecule has 0 spiro atoms. The monoisotopic (exact) mass is 1020 g/mol. The number of phosphoric acid groups is 1. The second kappa shape index (κ2) is 52.8. The molecule has 71 heavy (non-hydrogen) atoms. The summed E-state index contributed by atoms with van der Waals surface area (Å²) in [4.78, 5) is 23.3. The molecule has 0 aliphatic rings. The molecule has 0 aromatic heterocycles. The molecule has 0 heterocycles. The zero-order valence-corrected chi connectivity index (χ0v) is 48.1. The van der Waals surface area contributed by atoms with Crippen molar-refractivity contribution in [3.05, 3.63) is 72.9 Å². The highest BCUT2D eigenvalue weighted by molar-refractivity contribution is 7.47. The van der Waals surface area contributed by atoms with E-state index in [1.54, 1.807) is 6.08 Å². The van der Waals surface area contributed by atoms with Crippen molar-refractivity contribution in [3.8, 4) is 0 Å². The van der Waals surface area contributed by atoms with E-state index in [-0.39, 0.29) is 19.1 Å². The van der Waals surface area contributed by atoms with E-state index >= 15 is 0 Å². The number of carbonyl (C=O) groups excluding carboxylic acids is 1. The normalized spacial score (nSPS) is 14.4. The molecule has 0 aromatic rings. The largest absolute Gasteiger partial charge is 0.472 e. The zero-order chi connectivity index (χ0) is 52.0. The highest BCUT2D eigenvalue weighted by Crippen LogP contribution is 2.43. The van der Waals surface area contributed by atoms with Crippen LogP contribution in [0.25, 0.3) is 0 Å². The fourth-order valence-electron chi connectivity index (χ4n) is 8.54. The molecule has 0 saturated heterocycles. The molecule has 0 rings (SSSR count). The molecule has 1 amide bonds. The van der Waals surface area contributed by atoms with Gasteiger partial charge in [0.25, 0.3) is 0 Å². The topological polar surface area (TPSA) is 105 Å². The Hall–Kier alpha value is -2.06. The molecule has 0 fully saturated rings. The van der Waals surface area contributed by atoms with Gasteiger partial charge in [0.05, 0.1) is 39.9 Å². The van der Waals surface area contributed by atoms with E-state index in [9.17, 15) is 19.4 Å². The summed E-state index contributed by atoms with van der Waals surface area (Å²) in [6, 6.07) is -0.858. The maximum Gasteiger partial charge on any atom is 0.472 e. The van der Waals surface area contributed by atoms with Gasteiger partial charge in [-0.05, 0) is 64.2 Å². The smallest absolute Gasteiger partial charge is 0.387 e. The molecule has 8 nitrogen and oxygen atoms in total. The van der Waals surface area contributed by atoms with Gasteiger partial charge in [0.15, 0.2) is 0 Å². The van der Waals surface area contributed by atoms with Crippen LogP contribution in [0.3, 0.4) is 0 Å². The van der Waals surface area contributed by atoms with Crippen molar-refractivity contribution in [1.29, 1.82) is 0 Å². The van der Waals surface area contributed by atoms with Gasteiger partial charge in [-0.3, -0.25) is 13.8 Å². The van der Waals surface area contributed by atoms with E-state index in [4.69, 9.17) is 9.05 Å². The number of phosphoric ester groups is 1. The van der Waals surface area contributed by atoms with Crippen molar-refractivity contribution in [1.82, 2.24) is 5.32 Å². The van der Waals surface area contributed by atoms with Crippen LogP contribution in [0.2, 0.25) is 0 Å². The van der Waals surface area contributed by atoms with E-state index < -0.39 is 20.0 Å². The number of quaternary nitrogens is 1. The van der Waals surface area contributed by atoms with Crippen LogP contribution in [-0.2, 0) is 18.4 Å². The molecule has 3 unspecified atom stereocenters. The van der Waals surface area contributed by atoms with Gasteiger partial charge >= 0.3 is 7.82 Å². The molecule has 414 valence electrons. The molecular weight excluding hydrogens is 900 g/mol. The molecule has 9 heteroatoms. The van der Waals surface area contributed by atoms with Crippen LogP contribution < -0.4 is 5.32 Å². The predicted molar refractivity (Wildman–Crippen MR) is 309 cm³/mol. The Morgan fingerprint density at radius 2 is 0.845 bits per heavy atom. The average molecular weight is 1020 g/mol. The van der Waals surface area contributed by atoms with Gasteiger partial charge in [0, 0.05) is 6.42 Å². The Morgan fingerprint density at radius 1 is 0.493 bits per heavy atom. The van der Waals surface area contributed by atoms with Gasteiger partial charge in [-0.1, -0.05) is 267 Å². The van der Waals surface area contributed by atoms with Gasteiger partial charge in [-0.25, -0.2) is 4.57 Å². The minimum absolute atomic E-state index is 0.0562. The van der Waals surface area contributed by atoms with E-state index in [1.807, 2.05) is 27.2 Å². The highest BCUT2D eigenvalue weighted by atomic mass is 31.2. The first-order chi connectivity index (χ1) is 34.5. The van der Waals surface area contributed by atoms with Crippen molar-refractivity contribution >= 4 is 13.7 Å². The number of hydrogen-bond acceptors (Lipinski definition) is 5. The SMILES string of the molecule is CC/C=C\C/C=C\C/C=C\C/C=C\C/C=C\CCCCCCCCCC(=O)NC(COP(=O)(O)OCC[N+](C)(C)C)C(O)/C=C/CCCCCCCCCCCCCCCCCCCCCCCCCC. The van der Waals surface area contributed by atoms with Crippen LogP contribution in [0.1, 0.15) is 264 Å². The minimum atomic E-state index is -4.36. The molecular formula is C62H116N2O6P+. The zero-order valence-electron chi connectivity index (χ0n) is 47.2. The van der Waals surface area contributed by atoms with E-state index in [2.05, 4.69) is 79.9 Å². The Labute approximate surface area is 440 Å². The maximum atomic E-state index is 13.0. The molecule has 0 aliphatic carbocycles. The summed E-state index contributed by atoms with van der Waals surface area (Å²) in [5.41, 5.74) is 0. The summed E-state index contributed by atoms with van der Waals surface area (Å²) in [6.45, 7) is 4.71. The number of hydrogen-bond donors (Lipinski definition) is 3. The molecule has 3 N–H and O–H groups in total. The number of amides is 1. The lowest BCUT2D eigenvalue weighted by Crippen LogP contribution is -2.45. The number of aliphatic hydroxyl groups excluding tert-OH is 1. The second-order valence-electron chi connectivity index (χ2n) is 21.3. The number of unbranched alkanes of at least 4 members (excludes halogenated alkanes) is 31. The fraction of sp³-hybridized carbons (Fsp3) is 0.790. The van der Waals surface area contributed by atoms with Crippen LogP contribution in [0, 0.1) is 0 Å². The van der Waals surface area contributed by atoms with Crippen LogP contribution in [0.5, 0.6) is 0 Å². The van der Waals surface area contributed by atoms with Gasteiger partial charge < -0.3 is 19.8 Å². The lowest BCUT2D eigenvalue weighted by molar-refractivity contribution is -0.870. The van der Waals surface area contributed by atoms with Crippen LogP contribution in [0.4, 0.5) is 0 Å². The Balaban J connectivity index is 4.23. The first-order valence-electron chi connectivity index (χ1n) is 29.8. The third-order valence-corrected chi connectivity index (χ3v) is 14.2. The van der Waals surface area contributed by atoms with Gasteiger partial charge in [0.2, 0.25) is 5.91 Å². The van der Waals surface area contributed by atoms with E-state index in [0.29, 0.717) is 17.4 Å². The average Bonchev–Trinajstić information content (AvgIpc) is 3.33. The molecule has 0 aliphatic heterocycles. The quantitative estimate of drug-likeness (QED) is 0.0243. The van der Waals surface area contributed by atoms with Crippen LogP contribution in [0.15, 0.2) is 72.9 Å². The lowest BCUT2D eigenvalue weighted by Gasteiger charge is -2.25. The second-order valence-corrected chi connectivity index (χ2v) is 22.8. The third kappa shape index (κ3) is 55.5. The number of nitrogens with zero attached hydrogens (tertiary/aromatic N) is 1. The van der Waals surface area contributed by atoms with Crippen LogP contribution in [-0.4, -0.2) is 73.4 Å². The number of nitrogens with one attached hydrogen (secondary N) is 1.